The number of amides is 10. The van der Waals surface area contributed by atoms with Gasteiger partial charge in [-0.3, -0.25) is 76.7 Å². The number of fused-ring (bicyclic) bond motifs is 1. The van der Waals surface area contributed by atoms with Gasteiger partial charge in [0.1, 0.15) is 36.3 Å². The Morgan fingerprint density at radius 3 is 1.85 bits per heavy atom. The number of nitrogens with two attached hydrogens (primary N) is 3. The second kappa shape index (κ2) is 46.1. The van der Waals surface area contributed by atoms with Crippen LogP contribution in [0.4, 0.5) is 5.69 Å². The van der Waals surface area contributed by atoms with Crippen LogP contribution in [0.25, 0.3) is 10.9 Å². The van der Waals surface area contributed by atoms with Gasteiger partial charge in [0.05, 0.1) is 50.7 Å². The molecule has 40 nitrogen and oxygen atoms in total. The highest BCUT2D eigenvalue weighted by Gasteiger charge is 2.40. The van der Waals surface area contributed by atoms with E-state index >= 15 is 0 Å². The summed E-state index contributed by atoms with van der Waals surface area (Å²) < 4.78 is 5.73. The third kappa shape index (κ3) is 32.0. The molecule has 1 aliphatic rings. The molecular weight excluding hydrogens is 1420 g/mol. The summed E-state index contributed by atoms with van der Waals surface area (Å²) in [4.78, 5) is 267. The quantitative estimate of drug-likeness (QED) is 0.0123. The molecule has 0 spiro atoms. The number of aromatic nitrogens is 1. The van der Waals surface area contributed by atoms with E-state index in [-0.39, 0.29) is 49.4 Å². The number of esters is 1. The first kappa shape index (κ1) is 91.3. The number of para-hydroxylation sites is 2. The number of hydrogen-bond donors (Lipinski definition) is 18. The summed E-state index contributed by atoms with van der Waals surface area (Å²) >= 11 is 0. The number of aliphatic hydroxyl groups excluding tert-OH is 1. The SMILES string of the molecule is CB(O)NCCC[C@@H]1NC(=O)CNC(=O)[C@@H](NC(=O)[C@H](C)CC(=O)[C@@H](CC(N)=O)NC(=O)[C@@H](N)Cc2c[nH]c3ccccc23)[C@@H](C)OC(=O)[C@H](CC(=O)c2ccccc2N)NC(=O)[C@H]([C@H](C)CC(=O)O)CC(=O)[C@@H](CO)NC(=O)CNC(=O)[C@H](C)NC(=O)[C@@H](C)CC(=O)[C@H](CC(=O)O)NC1=O.O=C=O.O=C=O. The molecule has 0 bridgehead atoms. The van der Waals surface area contributed by atoms with E-state index in [1.807, 2.05) is 0 Å². The monoisotopic (exact) mass is 1500 g/mol. The Bertz CT molecular complexity index is 3770. The predicted molar refractivity (Wildman–Crippen MR) is 367 cm³/mol. The largest absolute Gasteiger partial charge is 0.481 e. The summed E-state index contributed by atoms with van der Waals surface area (Å²) in [6.45, 7) is 4.11. The number of carboxylic acids is 2. The van der Waals surface area contributed by atoms with E-state index in [0.29, 0.717) is 5.56 Å². The molecule has 1 aliphatic heterocycles. The van der Waals surface area contributed by atoms with Gasteiger partial charge in [0.2, 0.25) is 59.1 Å². The number of carbonyl (C=O) groups excluding carboxylic acids is 19. The lowest BCUT2D eigenvalue weighted by molar-refractivity contribution is -0.193. The van der Waals surface area contributed by atoms with Crippen molar-refractivity contribution in [2.45, 2.75) is 160 Å². The van der Waals surface area contributed by atoms with E-state index in [1.54, 1.807) is 30.5 Å². The molecule has 107 heavy (non-hydrogen) atoms. The summed E-state index contributed by atoms with van der Waals surface area (Å²) in [6, 6.07) is -1.43. The zero-order chi connectivity index (χ0) is 80.9. The lowest BCUT2D eigenvalue weighted by atomic mass is 9.84. The average molecular weight is 1510 g/mol. The van der Waals surface area contributed by atoms with Gasteiger partial charge in [0.25, 0.3) is 0 Å². The molecular formula is C66H89BN14O26. The van der Waals surface area contributed by atoms with Crippen LogP contribution in [-0.2, 0) is 107 Å². The maximum atomic E-state index is 14.7. The van der Waals surface area contributed by atoms with Gasteiger partial charge in [-0.25, -0.2) is 4.79 Å². The molecule has 4 rings (SSSR count). The average Bonchev–Trinajstić information content (AvgIpc) is 1.72. The van der Waals surface area contributed by atoms with Crippen LogP contribution >= 0.6 is 0 Å². The van der Waals surface area contributed by atoms with Crippen LogP contribution in [0.5, 0.6) is 0 Å². The van der Waals surface area contributed by atoms with E-state index in [4.69, 9.17) is 41.1 Å². The van der Waals surface area contributed by atoms with Gasteiger partial charge >= 0.3 is 37.3 Å². The smallest absolute Gasteiger partial charge is 0.373 e. The Balaban J connectivity index is 0.00000625. The number of nitrogen functional groups attached to an aromatic ring is 1. The Labute approximate surface area is 610 Å². The van der Waals surface area contributed by atoms with Crippen LogP contribution in [-0.4, -0.2) is 225 Å². The van der Waals surface area contributed by atoms with Crippen LogP contribution < -0.4 is 70.3 Å². The van der Waals surface area contributed by atoms with Crippen LogP contribution in [0.3, 0.4) is 0 Å². The molecule has 2 aromatic carbocycles. The Hall–Kier alpha value is -11.8. The Morgan fingerprint density at radius 1 is 0.682 bits per heavy atom. The highest BCUT2D eigenvalue weighted by Crippen LogP contribution is 2.24. The molecule has 13 atom stereocenters. The summed E-state index contributed by atoms with van der Waals surface area (Å²) in [5.41, 5.74) is 18.9. The summed E-state index contributed by atoms with van der Waals surface area (Å²) in [7, 11) is -1.05. The lowest BCUT2D eigenvalue weighted by Crippen LogP contribution is -2.58. The summed E-state index contributed by atoms with van der Waals surface area (Å²) in [5, 5.41) is 63.8. The predicted octanol–water partition coefficient (Wildman–Crippen LogP) is -5.98. The molecule has 21 N–H and O–H groups in total. The highest BCUT2D eigenvalue weighted by molar-refractivity contribution is 6.45. The number of aliphatic carboxylic acids is 2. The fourth-order valence-electron chi connectivity index (χ4n) is 10.6. The number of hydrogen-bond acceptors (Lipinski definition) is 27. The fraction of sp³-hybridized carbons (Fsp3) is 0.500. The Kier molecular flexibility index (Phi) is 39.4. The van der Waals surface area contributed by atoms with Crippen molar-refractivity contribution in [3.8, 4) is 0 Å². The number of rotatable bonds is 25. The van der Waals surface area contributed by atoms with Gasteiger partial charge in [0.15, 0.2) is 23.1 Å². The van der Waals surface area contributed by atoms with E-state index in [1.165, 1.54) is 58.8 Å². The number of cyclic esters (lactones) is 1. The number of aromatic amines is 1. The number of carboxylic acid groups (broad SMARTS) is 2. The molecule has 0 aliphatic carbocycles. The Morgan fingerprint density at radius 2 is 1.26 bits per heavy atom. The number of anilines is 1. The number of ketones is 4. The normalized spacial score (nSPS) is 21.7. The molecule has 0 unspecified atom stereocenters. The molecule has 41 heteroatoms. The molecule has 1 fully saturated rings. The first-order chi connectivity index (χ1) is 50.3. The maximum absolute atomic E-state index is 14.7. The maximum Gasteiger partial charge on any atom is 0.373 e. The first-order valence-electron chi connectivity index (χ1n) is 33.2. The van der Waals surface area contributed by atoms with Crippen LogP contribution in [0, 0.1) is 23.7 Å². The molecule has 0 radical (unpaired) electrons. The van der Waals surface area contributed by atoms with E-state index in [2.05, 4.69) is 58.1 Å². The number of ether oxygens (including phenoxy) is 1. The number of nitrogens with one attached hydrogen (secondary N) is 11. The van der Waals surface area contributed by atoms with Gasteiger partial charge in [0, 0.05) is 78.2 Å². The van der Waals surface area contributed by atoms with Gasteiger partial charge in [-0.05, 0) is 76.2 Å². The number of H-pyrrole nitrogens is 1. The van der Waals surface area contributed by atoms with Crippen molar-refractivity contribution in [3.63, 3.8) is 0 Å². The fourth-order valence-corrected chi connectivity index (χ4v) is 10.6. The van der Waals surface area contributed by atoms with Gasteiger partial charge in [-0.15, -0.1) is 0 Å². The molecule has 0 saturated carbocycles. The van der Waals surface area contributed by atoms with E-state index in [0.717, 1.165) is 17.8 Å². The van der Waals surface area contributed by atoms with Crippen molar-refractivity contribution >= 4 is 136 Å². The summed E-state index contributed by atoms with van der Waals surface area (Å²) in [6.07, 6.45) is -6.30. The van der Waals surface area contributed by atoms with Gasteiger partial charge in [-0.1, -0.05) is 51.1 Å². The third-order valence-corrected chi connectivity index (χ3v) is 16.4. The zero-order valence-corrected chi connectivity index (χ0v) is 59.2. The number of carbonyl (C=O) groups is 17. The molecule has 1 saturated heterocycles. The zero-order valence-electron chi connectivity index (χ0n) is 59.2. The minimum absolute atomic E-state index is 0.00255. The van der Waals surface area contributed by atoms with Gasteiger partial charge < -0.3 is 100 Å². The van der Waals surface area contributed by atoms with Crippen molar-refractivity contribution in [3.05, 3.63) is 65.9 Å². The lowest BCUT2D eigenvalue weighted by Gasteiger charge is -2.29. The molecule has 3 aromatic rings. The van der Waals surface area contributed by atoms with Crippen molar-refractivity contribution in [2.24, 2.45) is 35.1 Å². The van der Waals surface area contributed by atoms with Crippen LogP contribution in [0.15, 0.2) is 54.7 Å². The number of primary amides is 1. The summed E-state index contributed by atoms with van der Waals surface area (Å²) in [5.74, 6) is -25.6. The first-order valence-corrected chi connectivity index (χ1v) is 33.2. The molecule has 582 valence electrons. The highest BCUT2D eigenvalue weighted by atomic mass is 16.5. The standard InChI is InChI=1S/C64H89BN14O22.2CO2/c1-30(20-54(88)89)38-22-50(84)46(29-80)75-53(87)27-70-59(94)33(4)73-57(92)31(2)18-49(83)44(25-55(90)91)77-62(97)42(16-11-17-72-65(6)100)74-52(86)28-71-63(98)56(34(5)101-64(99)45(78-60(38)95)23-47(81)37-13-7-9-14-39(37)66)79-58(93)32(3)19-48(82)43(24-51(68)85)76-61(96)40(67)21-35-26-69-41-15-10-8-12-36(35)41;2*2-1-3/h7-10,12-15,26,30-34,38,40,42-46,56,69,72,80,100H,11,16-25,27-29,66-67H2,1-6H3,(H2,68,85)(H,70,94)(H,71,98)(H,73,92)(H,74,86)(H,75,87)(H,76,96)(H,77,97)(H,78,95)(H,79,93)(H,88,89)(H,90,91);;/t30-,31+,32-,33+,34-,38+,40+,42+,43-,44+,45+,46-,56+;;/m1../s1. The van der Waals surface area contributed by atoms with E-state index < -0.39 is 250 Å². The second-order valence-corrected chi connectivity index (χ2v) is 25.0. The minimum atomic E-state index is -2.15. The van der Waals surface area contributed by atoms with Crippen molar-refractivity contribution < 1.29 is 126 Å². The van der Waals surface area contributed by atoms with Crippen molar-refractivity contribution in [2.75, 3.05) is 32.0 Å². The van der Waals surface area contributed by atoms with Crippen molar-refractivity contribution in [1.29, 1.82) is 0 Å². The van der Waals surface area contributed by atoms with E-state index in [9.17, 15) is 102 Å². The number of benzene rings is 2. The minimum Gasteiger partial charge on any atom is -0.481 e. The number of aliphatic hydroxyl groups is 1. The van der Waals surface area contributed by atoms with Crippen molar-refractivity contribution in [1.82, 2.24) is 58.1 Å². The third-order valence-electron chi connectivity index (χ3n) is 16.4. The van der Waals surface area contributed by atoms with Crippen LogP contribution in [0.2, 0.25) is 6.82 Å². The molecule has 2 heterocycles. The second-order valence-electron chi connectivity index (χ2n) is 25.0. The number of Topliss-reactive ketones (excluding diaryl/α,β-unsaturated/α-hetero) is 4. The molecule has 1 aromatic heterocycles. The van der Waals surface area contributed by atoms with Crippen LogP contribution in [0.1, 0.15) is 108 Å². The van der Waals surface area contributed by atoms with Gasteiger partial charge in [-0.2, -0.15) is 19.2 Å². The topological polar surface area (TPSA) is 663 Å². The molecule has 10 amide bonds.